The Kier molecular flexibility index (Phi) is 7.60. The molecule has 6 heteroatoms. The number of hydrogen-bond acceptors (Lipinski definition) is 6. The van der Waals surface area contributed by atoms with E-state index in [9.17, 15) is 14.4 Å². The number of esters is 3. The van der Waals surface area contributed by atoms with E-state index in [1.165, 1.54) is 39.7 Å². The quantitative estimate of drug-likeness (QED) is 0.351. The van der Waals surface area contributed by atoms with E-state index in [0.717, 1.165) is 32.1 Å². The number of ether oxygens (including phenoxy) is 3. The summed E-state index contributed by atoms with van der Waals surface area (Å²) in [5.74, 6) is 2.43. The number of methoxy groups -OCH3 is 1. The summed E-state index contributed by atoms with van der Waals surface area (Å²) in [4.78, 5) is 35.6. The molecule has 0 aromatic heterocycles. The molecule has 0 bridgehead atoms. The van der Waals surface area contributed by atoms with Crippen molar-refractivity contribution >= 4 is 17.9 Å². The Morgan fingerprint density at radius 1 is 0.886 bits per heavy atom. The summed E-state index contributed by atoms with van der Waals surface area (Å²) < 4.78 is 16.6. The van der Waals surface area contributed by atoms with Gasteiger partial charge in [-0.1, -0.05) is 20.8 Å². The predicted molar refractivity (Wildman–Crippen MR) is 132 cm³/mol. The second kappa shape index (κ2) is 10.0. The molecule has 0 aromatic rings. The van der Waals surface area contributed by atoms with Gasteiger partial charge in [0, 0.05) is 26.2 Å². The van der Waals surface area contributed by atoms with E-state index < -0.39 is 0 Å². The molecule has 0 heterocycles. The molecule has 35 heavy (non-hydrogen) atoms. The third kappa shape index (κ3) is 4.87. The standard InChI is InChI=1S/C29H46O6/c1-17(7-10-26(32)33-6)22-8-9-23-27-24(12-14-29(22,23)5)28(4)13-11-21(34-18(2)30)15-20(28)16-25(27)35-19(3)31/h17,20-25,27H,7-16H2,1-6H3/t17-,20+,21-,22-,23+,24+,25-,27+,28+,29-/m0/s1. The summed E-state index contributed by atoms with van der Waals surface area (Å²) in [5.41, 5.74) is 0.418. The number of fused-ring (bicyclic) bond motifs is 5. The summed E-state index contributed by atoms with van der Waals surface area (Å²) in [6.45, 7) is 10.3. The Morgan fingerprint density at radius 3 is 2.20 bits per heavy atom. The van der Waals surface area contributed by atoms with E-state index in [0.29, 0.717) is 41.9 Å². The van der Waals surface area contributed by atoms with Gasteiger partial charge in [-0.3, -0.25) is 14.4 Å². The largest absolute Gasteiger partial charge is 0.469 e. The third-order valence-electron chi connectivity index (χ3n) is 11.1. The molecule has 0 spiro atoms. The van der Waals surface area contributed by atoms with Crippen LogP contribution in [-0.4, -0.2) is 37.2 Å². The van der Waals surface area contributed by atoms with Crippen LogP contribution >= 0.6 is 0 Å². The van der Waals surface area contributed by atoms with Crippen LogP contribution in [-0.2, 0) is 28.6 Å². The van der Waals surface area contributed by atoms with Crippen molar-refractivity contribution in [1.29, 1.82) is 0 Å². The average Bonchev–Trinajstić information content (AvgIpc) is 3.14. The summed E-state index contributed by atoms with van der Waals surface area (Å²) in [6, 6.07) is 0. The van der Waals surface area contributed by atoms with E-state index in [4.69, 9.17) is 14.2 Å². The Bertz CT molecular complexity index is 824. The van der Waals surface area contributed by atoms with Gasteiger partial charge in [0.05, 0.1) is 7.11 Å². The van der Waals surface area contributed by atoms with Gasteiger partial charge in [-0.25, -0.2) is 0 Å². The highest BCUT2D eigenvalue weighted by atomic mass is 16.5. The van der Waals surface area contributed by atoms with E-state index in [-0.39, 0.29) is 40.9 Å². The molecule has 0 amide bonds. The van der Waals surface area contributed by atoms with Crippen LogP contribution in [0.3, 0.4) is 0 Å². The molecule has 6 nitrogen and oxygen atoms in total. The number of carbonyl (C=O) groups excluding carboxylic acids is 3. The van der Waals surface area contributed by atoms with E-state index in [1.807, 2.05) is 0 Å². The van der Waals surface area contributed by atoms with Crippen molar-refractivity contribution in [3.8, 4) is 0 Å². The number of carbonyl (C=O) groups is 3. The van der Waals surface area contributed by atoms with Crippen molar-refractivity contribution in [2.45, 2.75) is 111 Å². The fourth-order valence-electron chi connectivity index (χ4n) is 9.46. The molecule has 0 radical (unpaired) electrons. The number of hydrogen-bond donors (Lipinski definition) is 0. The second-order valence-electron chi connectivity index (χ2n) is 12.7. The minimum absolute atomic E-state index is 0.0134. The average molecular weight is 491 g/mol. The lowest BCUT2D eigenvalue weighted by molar-refractivity contribution is -0.197. The maximum atomic E-state index is 12.2. The van der Waals surface area contributed by atoms with Crippen molar-refractivity contribution in [2.24, 2.45) is 46.3 Å². The molecule has 4 aliphatic rings. The van der Waals surface area contributed by atoms with E-state index in [2.05, 4.69) is 20.8 Å². The van der Waals surface area contributed by atoms with Crippen molar-refractivity contribution in [3.05, 3.63) is 0 Å². The Balaban J connectivity index is 1.57. The normalized spacial score (nSPS) is 43.2. The molecular weight excluding hydrogens is 444 g/mol. The lowest BCUT2D eigenvalue weighted by Crippen LogP contribution is -2.59. The van der Waals surface area contributed by atoms with Gasteiger partial charge in [-0.2, -0.15) is 0 Å². The van der Waals surface area contributed by atoms with Gasteiger partial charge < -0.3 is 14.2 Å². The zero-order chi connectivity index (χ0) is 25.5. The molecule has 198 valence electrons. The van der Waals surface area contributed by atoms with Crippen LogP contribution < -0.4 is 0 Å². The van der Waals surface area contributed by atoms with Crippen molar-refractivity contribution in [2.75, 3.05) is 7.11 Å². The summed E-state index contributed by atoms with van der Waals surface area (Å²) in [5, 5.41) is 0. The molecule has 0 aromatic carbocycles. The van der Waals surface area contributed by atoms with Gasteiger partial charge in [0.25, 0.3) is 0 Å². The number of rotatable bonds is 6. The van der Waals surface area contributed by atoms with Crippen LogP contribution in [0.15, 0.2) is 0 Å². The topological polar surface area (TPSA) is 78.9 Å². The van der Waals surface area contributed by atoms with Crippen molar-refractivity contribution < 1.29 is 28.6 Å². The highest BCUT2D eigenvalue weighted by molar-refractivity contribution is 5.69. The fourth-order valence-corrected chi connectivity index (χ4v) is 9.46. The molecular formula is C29H46O6. The Hall–Kier alpha value is -1.59. The predicted octanol–water partition coefficient (Wildman–Crippen LogP) is 5.71. The lowest BCUT2D eigenvalue weighted by atomic mass is 9.43. The first-order chi connectivity index (χ1) is 16.5. The van der Waals surface area contributed by atoms with Crippen LogP contribution in [0.25, 0.3) is 0 Å². The molecule has 4 rings (SSSR count). The minimum Gasteiger partial charge on any atom is -0.469 e. The van der Waals surface area contributed by atoms with Gasteiger partial charge in [0.2, 0.25) is 0 Å². The third-order valence-corrected chi connectivity index (χ3v) is 11.1. The Labute approximate surface area is 211 Å². The molecule has 0 N–H and O–H groups in total. The highest BCUT2D eigenvalue weighted by Crippen LogP contribution is 2.68. The first-order valence-electron chi connectivity index (χ1n) is 13.9. The van der Waals surface area contributed by atoms with Crippen LogP contribution in [0, 0.1) is 46.3 Å². The first kappa shape index (κ1) is 26.5. The smallest absolute Gasteiger partial charge is 0.305 e. The van der Waals surface area contributed by atoms with Crippen LogP contribution in [0.5, 0.6) is 0 Å². The van der Waals surface area contributed by atoms with Gasteiger partial charge in [0.15, 0.2) is 0 Å². The molecule has 4 fully saturated rings. The van der Waals surface area contributed by atoms with Gasteiger partial charge in [0.1, 0.15) is 12.2 Å². The van der Waals surface area contributed by atoms with Crippen molar-refractivity contribution in [1.82, 2.24) is 0 Å². The van der Waals surface area contributed by atoms with Crippen LogP contribution in [0.4, 0.5) is 0 Å². The SMILES string of the molecule is COC(=O)CC[C@H](C)[C@@H]1CC[C@@H]2[C@H]3[C@@H](OC(C)=O)C[C@H]4C[C@@H](OC(C)=O)CC[C@@]4(C)[C@@H]3CC[C@]21C. The van der Waals surface area contributed by atoms with Crippen molar-refractivity contribution in [3.63, 3.8) is 0 Å². The van der Waals surface area contributed by atoms with Crippen LogP contribution in [0.1, 0.15) is 98.8 Å². The van der Waals surface area contributed by atoms with E-state index in [1.54, 1.807) is 6.92 Å². The molecule has 0 saturated heterocycles. The van der Waals surface area contributed by atoms with Gasteiger partial charge in [-0.05, 0) is 98.2 Å². The van der Waals surface area contributed by atoms with Gasteiger partial charge >= 0.3 is 17.9 Å². The van der Waals surface area contributed by atoms with Crippen LogP contribution in [0.2, 0.25) is 0 Å². The zero-order valence-corrected chi connectivity index (χ0v) is 22.6. The summed E-state index contributed by atoms with van der Waals surface area (Å²) in [6.07, 6.45) is 9.80. The molecule has 4 saturated carbocycles. The first-order valence-corrected chi connectivity index (χ1v) is 13.9. The minimum atomic E-state index is -0.199. The lowest BCUT2D eigenvalue weighted by Gasteiger charge is -2.62. The summed E-state index contributed by atoms with van der Waals surface area (Å²) >= 11 is 0. The molecule has 0 aliphatic heterocycles. The van der Waals surface area contributed by atoms with E-state index >= 15 is 0 Å². The summed E-state index contributed by atoms with van der Waals surface area (Å²) in [7, 11) is 1.47. The molecule has 0 unspecified atom stereocenters. The second-order valence-corrected chi connectivity index (χ2v) is 12.7. The zero-order valence-electron chi connectivity index (χ0n) is 22.6. The maximum Gasteiger partial charge on any atom is 0.305 e. The monoisotopic (exact) mass is 490 g/mol. The highest BCUT2D eigenvalue weighted by Gasteiger charge is 2.63. The van der Waals surface area contributed by atoms with Gasteiger partial charge in [-0.15, -0.1) is 0 Å². The fraction of sp³-hybridized carbons (Fsp3) is 0.897. The molecule has 4 aliphatic carbocycles. The maximum absolute atomic E-state index is 12.2. The Morgan fingerprint density at radius 2 is 1.54 bits per heavy atom. The molecule has 10 atom stereocenters.